The predicted molar refractivity (Wildman–Crippen MR) is 120 cm³/mol. The van der Waals surface area contributed by atoms with Crippen LogP contribution in [0.5, 0.6) is 0 Å². The molecule has 3 rings (SSSR count). The highest BCUT2D eigenvalue weighted by atomic mass is 16.7. The Morgan fingerprint density at radius 1 is 1.19 bits per heavy atom. The number of hydrogen-bond donors (Lipinski definition) is 1. The first kappa shape index (κ1) is 24.3. The highest BCUT2D eigenvalue weighted by Crippen LogP contribution is 2.37. The van der Waals surface area contributed by atoms with Gasteiger partial charge in [-0.05, 0) is 72.0 Å². The topological polar surface area (TPSA) is 108 Å². The molecule has 2 heterocycles. The average Bonchev–Trinajstić information content (AvgIpc) is 3.06. The van der Waals surface area contributed by atoms with Crippen LogP contribution in [0.3, 0.4) is 0 Å². The van der Waals surface area contributed by atoms with Gasteiger partial charge in [0.15, 0.2) is 0 Å². The van der Waals surface area contributed by atoms with Crippen molar-refractivity contribution < 1.29 is 28.4 Å². The van der Waals surface area contributed by atoms with E-state index in [0.29, 0.717) is 5.56 Å². The van der Waals surface area contributed by atoms with Crippen molar-refractivity contribution in [2.45, 2.75) is 90.7 Å². The molecular weight excluding hydrogens is 411 g/mol. The number of rotatable bonds is 6. The normalized spacial score (nSPS) is 20.3. The largest absolute Gasteiger partial charge is 0.494 e. The molecule has 9 heteroatoms. The molecule has 1 aromatic carbocycles. The van der Waals surface area contributed by atoms with Crippen molar-refractivity contribution in [1.82, 2.24) is 4.90 Å². The zero-order chi connectivity index (χ0) is 24.1. The summed E-state index contributed by atoms with van der Waals surface area (Å²) in [5.41, 5.74) is 6.10. The van der Waals surface area contributed by atoms with Crippen LogP contribution in [0.25, 0.3) is 0 Å². The van der Waals surface area contributed by atoms with Gasteiger partial charge in [-0.1, -0.05) is 12.1 Å². The third kappa shape index (κ3) is 4.83. The molecule has 0 aromatic heterocycles. The second-order valence-corrected chi connectivity index (χ2v) is 10.5. The van der Waals surface area contributed by atoms with Crippen LogP contribution in [0.2, 0.25) is 0 Å². The van der Waals surface area contributed by atoms with Gasteiger partial charge in [0.25, 0.3) is 5.91 Å². The maximum absolute atomic E-state index is 13.0. The number of carbonyl (C=O) groups is 3. The summed E-state index contributed by atoms with van der Waals surface area (Å²) in [5, 5.41) is 0. The van der Waals surface area contributed by atoms with Crippen molar-refractivity contribution in [2.75, 3.05) is 0 Å². The van der Waals surface area contributed by atoms with Gasteiger partial charge in [-0.15, -0.1) is 0 Å². The summed E-state index contributed by atoms with van der Waals surface area (Å²) < 4.78 is 17.5. The standard InChI is InChI=1S/C23H33BN2O6/c1-21(2,3)30-18(27)11-10-17(19(25)28)26-13-14-12-15(8-9-16(14)20(26)29)24-31-22(4,5)23(6,7)32-24/h8-9,12,17H,10-11,13H2,1-7H3,(H2,25,28)/t17-/m1/s1. The summed E-state index contributed by atoms with van der Waals surface area (Å²) in [6.45, 7) is 13.5. The fourth-order valence-electron chi connectivity index (χ4n) is 3.84. The van der Waals surface area contributed by atoms with E-state index in [1.54, 1.807) is 26.8 Å². The molecule has 174 valence electrons. The summed E-state index contributed by atoms with van der Waals surface area (Å²) in [6, 6.07) is 4.51. The maximum Gasteiger partial charge on any atom is 0.494 e. The van der Waals surface area contributed by atoms with Gasteiger partial charge in [-0.2, -0.15) is 0 Å². The minimum atomic E-state index is -0.900. The van der Waals surface area contributed by atoms with Gasteiger partial charge in [0.2, 0.25) is 5.91 Å². The van der Waals surface area contributed by atoms with Gasteiger partial charge in [-0.3, -0.25) is 14.4 Å². The molecule has 2 N–H and O–H groups in total. The van der Waals surface area contributed by atoms with Gasteiger partial charge in [0.05, 0.1) is 11.2 Å². The number of esters is 1. The average molecular weight is 444 g/mol. The van der Waals surface area contributed by atoms with Crippen molar-refractivity contribution in [1.29, 1.82) is 0 Å². The predicted octanol–water partition coefficient (Wildman–Crippen LogP) is 1.92. The monoisotopic (exact) mass is 444 g/mol. The Morgan fingerprint density at radius 3 is 2.31 bits per heavy atom. The summed E-state index contributed by atoms with van der Waals surface area (Å²) >= 11 is 0. The van der Waals surface area contributed by atoms with E-state index in [-0.39, 0.29) is 25.3 Å². The maximum atomic E-state index is 13.0. The van der Waals surface area contributed by atoms with Crippen LogP contribution in [-0.2, 0) is 30.2 Å². The molecule has 0 aliphatic carbocycles. The van der Waals surface area contributed by atoms with E-state index in [1.165, 1.54) is 4.90 Å². The molecule has 2 aliphatic heterocycles. The van der Waals surface area contributed by atoms with Crippen LogP contribution in [0.1, 0.15) is 77.2 Å². The second kappa shape index (κ2) is 8.19. The van der Waals surface area contributed by atoms with Crippen molar-refractivity contribution in [3.8, 4) is 0 Å². The molecule has 0 unspecified atom stereocenters. The molecular formula is C23H33BN2O6. The van der Waals surface area contributed by atoms with Gasteiger partial charge in [-0.25, -0.2) is 0 Å². The van der Waals surface area contributed by atoms with Crippen molar-refractivity contribution in [2.24, 2.45) is 5.73 Å². The molecule has 0 bridgehead atoms. The smallest absolute Gasteiger partial charge is 0.460 e. The van der Waals surface area contributed by atoms with E-state index in [9.17, 15) is 14.4 Å². The molecule has 0 radical (unpaired) electrons. The van der Waals surface area contributed by atoms with E-state index in [4.69, 9.17) is 19.8 Å². The number of carbonyl (C=O) groups excluding carboxylic acids is 3. The highest BCUT2D eigenvalue weighted by molar-refractivity contribution is 6.62. The highest BCUT2D eigenvalue weighted by Gasteiger charge is 2.52. The first-order valence-corrected chi connectivity index (χ1v) is 10.9. The van der Waals surface area contributed by atoms with Gasteiger partial charge < -0.3 is 24.7 Å². The van der Waals surface area contributed by atoms with Crippen molar-refractivity contribution in [3.63, 3.8) is 0 Å². The molecule has 1 fully saturated rings. The van der Waals surface area contributed by atoms with E-state index >= 15 is 0 Å². The Kier molecular flexibility index (Phi) is 6.21. The SMILES string of the molecule is CC(C)(C)OC(=O)CC[C@H](C(N)=O)N1Cc2cc(B3OC(C)(C)C(C)(C)O3)ccc2C1=O. The number of nitrogens with two attached hydrogens (primary N) is 1. The van der Waals surface area contributed by atoms with Crippen LogP contribution < -0.4 is 11.2 Å². The molecule has 2 amide bonds. The summed E-state index contributed by atoms with van der Waals surface area (Å²) in [7, 11) is -0.548. The fourth-order valence-corrected chi connectivity index (χ4v) is 3.84. The molecule has 1 aromatic rings. The Balaban J connectivity index is 1.74. The fraction of sp³-hybridized carbons (Fsp3) is 0.609. The van der Waals surface area contributed by atoms with E-state index in [2.05, 4.69) is 0 Å². The molecule has 1 saturated heterocycles. The minimum absolute atomic E-state index is 0.00975. The zero-order valence-electron chi connectivity index (χ0n) is 20.0. The first-order chi connectivity index (χ1) is 14.6. The number of nitrogens with zero attached hydrogens (tertiary/aromatic N) is 1. The van der Waals surface area contributed by atoms with Gasteiger partial charge in [0, 0.05) is 18.5 Å². The lowest BCUT2D eigenvalue weighted by Crippen LogP contribution is -2.45. The number of benzene rings is 1. The quantitative estimate of drug-likeness (QED) is 0.531. The molecule has 0 spiro atoms. The Bertz CT molecular complexity index is 921. The molecule has 32 heavy (non-hydrogen) atoms. The number of primary amides is 1. The van der Waals surface area contributed by atoms with Crippen LogP contribution in [0.4, 0.5) is 0 Å². The Labute approximate surface area is 189 Å². The third-order valence-electron chi connectivity index (χ3n) is 6.23. The summed E-state index contributed by atoms with van der Waals surface area (Å²) in [4.78, 5) is 38.6. The lowest BCUT2D eigenvalue weighted by Gasteiger charge is -2.32. The van der Waals surface area contributed by atoms with Crippen LogP contribution in [0, 0.1) is 0 Å². The third-order valence-corrected chi connectivity index (χ3v) is 6.23. The van der Waals surface area contributed by atoms with Crippen molar-refractivity contribution in [3.05, 3.63) is 29.3 Å². The van der Waals surface area contributed by atoms with Crippen LogP contribution in [0.15, 0.2) is 18.2 Å². The number of hydrogen-bond acceptors (Lipinski definition) is 6. The lowest BCUT2D eigenvalue weighted by molar-refractivity contribution is -0.155. The molecule has 1 atom stereocenters. The Morgan fingerprint density at radius 2 is 1.78 bits per heavy atom. The number of amides is 2. The first-order valence-electron chi connectivity index (χ1n) is 10.9. The lowest BCUT2D eigenvalue weighted by atomic mass is 9.78. The van der Waals surface area contributed by atoms with E-state index in [1.807, 2.05) is 39.8 Å². The molecule has 2 aliphatic rings. The molecule has 0 saturated carbocycles. The zero-order valence-corrected chi connectivity index (χ0v) is 20.0. The summed E-state index contributed by atoms with van der Waals surface area (Å²) in [5.74, 6) is -1.37. The van der Waals surface area contributed by atoms with Gasteiger partial charge in [0.1, 0.15) is 11.6 Å². The van der Waals surface area contributed by atoms with E-state index < -0.39 is 41.8 Å². The van der Waals surface area contributed by atoms with Crippen molar-refractivity contribution >= 4 is 30.4 Å². The van der Waals surface area contributed by atoms with Crippen LogP contribution >= 0.6 is 0 Å². The van der Waals surface area contributed by atoms with Gasteiger partial charge >= 0.3 is 13.1 Å². The summed E-state index contributed by atoms with van der Waals surface area (Å²) in [6.07, 6.45) is 0.0955. The number of fused-ring (bicyclic) bond motifs is 1. The van der Waals surface area contributed by atoms with E-state index in [0.717, 1.165) is 11.0 Å². The molecule has 8 nitrogen and oxygen atoms in total. The second-order valence-electron chi connectivity index (χ2n) is 10.5. The minimum Gasteiger partial charge on any atom is -0.460 e. The Hall–Kier alpha value is -2.39. The van der Waals surface area contributed by atoms with Crippen LogP contribution in [-0.4, -0.2) is 52.6 Å². The number of ether oxygens (including phenoxy) is 1.